The van der Waals surface area contributed by atoms with Crippen LogP contribution in [0, 0.1) is 6.92 Å². The third-order valence-corrected chi connectivity index (χ3v) is 7.49. The Morgan fingerprint density at radius 2 is 1.42 bits per heavy atom. The van der Waals surface area contributed by atoms with E-state index in [1.807, 2.05) is 72.5 Å². The number of anilines is 3. The molecule has 0 saturated carbocycles. The van der Waals surface area contributed by atoms with E-state index >= 15 is 0 Å². The van der Waals surface area contributed by atoms with Gasteiger partial charge in [0, 0.05) is 56.2 Å². The SMILES string of the molecule is COc1ccccc1N1CCN(c2ccc(NC(=O)c3ccc(C)cc3)cc2C(=O)N2CCCCC2)CC1. The molecule has 0 radical (unpaired) electrons. The third kappa shape index (κ3) is 5.62. The van der Waals surface area contributed by atoms with E-state index in [2.05, 4.69) is 21.2 Å². The van der Waals surface area contributed by atoms with Crippen molar-refractivity contribution in [3.63, 3.8) is 0 Å². The van der Waals surface area contributed by atoms with Crippen molar-refractivity contribution < 1.29 is 14.3 Å². The van der Waals surface area contributed by atoms with E-state index in [0.717, 1.165) is 81.2 Å². The van der Waals surface area contributed by atoms with E-state index in [-0.39, 0.29) is 11.8 Å². The highest BCUT2D eigenvalue weighted by Crippen LogP contribution is 2.32. The van der Waals surface area contributed by atoms with E-state index in [9.17, 15) is 9.59 Å². The predicted octanol–water partition coefficient (Wildman–Crippen LogP) is 5.21. The molecule has 0 bridgehead atoms. The Labute approximate surface area is 225 Å². The number of ether oxygens (including phenoxy) is 1. The van der Waals surface area contributed by atoms with Crippen molar-refractivity contribution >= 4 is 28.9 Å². The summed E-state index contributed by atoms with van der Waals surface area (Å²) < 4.78 is 5.57. The van der Waals surface area contributed by atoms with Gasteiger partial charge in [-0.2, -0.15) is 0 Å². The summed E-state index contributed by atoms with van der Waals surface area (Å²) in [6, 6.07) is 21.3. The molecule has 0 unspecified atom stereocenters. The predicted molar refractivity (Wildman–Crippen MR) is 153 cm³/mol. The number of benzene rings is 3. The average Bonchev–Trinajstić information content (AvgIpc) is 2.97. The molecule has 2 saturated heterocycles. The van der Waals surface area contributed by atoms with Gasteiger partial charge in [-0.3, -0.25) is 9.59 Å². The van der Waals surface area contributed by atoms with Gasteiger partial charge in [-0.05, 0) is 68.7 Å². The van der Waals surface area contributed by atoms with Crippen molar-refractivity contribution in [1.82, 2.24) is 4.90 Å². The van der Waals surface area contributed by atoms with Crippen LogP contribution in [0.15, 0.2) is 66.7 Å². The lowest BCUT2D eigenvalue weighted by atomic mass is 10.0. The molecule has 7 heteroatoms. The smallest absolute Gasteiger partial charge is 0.256 e. The summed E-state index contributed by atoms with van der Waals surface area (Å²) in [5, 5.41) is 3.00. The molecule has 2 aliphatic heterocycles. The number of aryl methyl sites for hydroxylation is 1. The van der Waals surface area contributed by atoms with E-state index in [1.54, 1.807) is 7.11 Å². The molecular formula is C31H36N4O3. The number of carbonyl (C=O) groups is 2. The fourth-order valence-electron chi connectivity index (χ4n) is 5.32. The number of para-hydroxylation sites is 2. The Kier molecular flexibility index (Phi) is 7.82. The van der Waals surface area contributed by atoms with Crippen LogP contribution < -0.4 is 19.9 Å². The van der Waals surface area contributed by atoms with Gasteiger partial charge in [-0.1, -0.05) is 29.8 Å². The number of hydrogen-bond donors (Lipinski definition) is 1. The monoisotopic (exact) mass is 512 g/mol. The lowest BCUT2D eigenvalue weighted by Gasteiger charge is -2.39. The van der Waals surface area contributed by atoms with Crippen molar-refractivity contribution in [3.05, 3.63) is 83.4 Å². The minimum Gasteiger partial charge on any atom is -0.495 e. The minimum atomic E-state index is -0.181. The zero-order chi connectivity index (χ0) is 26.5. The van der Waals surface area contributed by atoms with Gasteiger partial charge >= 0.3 is 0 Å². The summed E-state index contributed by atoms with van der Waals surface area (Å²) in [4.78, 5) is 33.2. The van der Waals surface area contributed by atoms with Crippen LogP contribution in [0.2, 0.25) is 0 Å². The van der Waals surface area contributed by atoms with Gasteiger partial charge in [-0.15, -0.1) is 0 Å². The Morgan fingerprint density at radius 1 is 0.763 bits per heavy atom. The van der Waals surface area contributed by atoms with Gasteiger partial charge < -0.3 is 24.8 Å². The largest absolute Gasteiger partial charge is 0.495 e. The molecule has 1 N–H and O–H groups in total. The Hall–Kier alpha value is -4.00. The first-order chi connectivity index (χ1) is 18.5. The summed E-state index contributed by atoms with van der Waals surface area (Å²) in [6.45, 7) is 6.77. The first kappa shape index (κ1) is 25.6. The highest BCUT2D eigenvalue weighted by Gasteiger charge is 2.26. The number of carbonyl (C=O) groups excluding carboxylic acids is 2. The second kappa shape index (κ2) is 11.6. The topological polar surface area (TPSA) is 65.1 Å². The summed E-state index contributed by atoms with van der Waals surface area (Å²) in [5.74, 6) is 0.730. The maximum atomic E-state index is 13.7. The molecular weight excluding hydrogens is 476 g/mol. The zero-order valence-electron chi connectivity index (χ0n) is 22.3. The summed E-state index contributed by atoms with van der Waals surface area (Å²) in [7, 11) is 1.70. The van der Waals surface area contributed by atoms with Gasteiger partial charge in [0.1, 0.15) is 5.75 Å². The van der Waals surface area contributed by atoms with Crippen molar-refractivity contribution in [3.8, 4) is 5.75 Å². The molecule has 2 amide bonds. The number of methoxy groups -OCH3 is 1. The Bertz CT molecular complexity index is 1280. The molecule has 7 nitrogen and oxygen atoms in total. The number of rotatable bonds is 6. The molecule has 198 valence electrons. The lowest BCUT2D eigenvalue weighted by molar-refractivity contribution is 0.0724. The van der Waals surface area contributed by atoms with Gasteiger partial charge in [0.15, 0.2) is 0 Å². The summed E-state index contributed by atoms with van der Waals surface area (Å²) in [6.07, 6.45) is 3.22. The highest BCUT2D eigenvalue weighted by molar-refractivity contribution is 6.06. The van der Waals surface area contributed by atoms with Crippen molar-refractivity contribution in [1.29, 1.82) is 0 Å². The van der Waals surface area contributed by atoms with Crippen LogP contribution >= 0.6 is 0 Å². The van der Waals surface area contributed by atoms with Gasteiger partial charge in [0.2, 0.25) is 0 Å². The number of likely N-dealkylation sites (tertiary alicyclic amines) is 1. The average molecular weight is 513 g/mol. The number of amides is 2. The number of nitrogens with zero attached hydrogens (tertiary/aromatic N) is 3. The van der Waals surface area contributed by atoms with Crippen LogP contribution in [0.1, 0.15) is 45.5 Å². The van der Waals surface area contributed by atoms with Crippen LogP contribution in [-0.2, 0) is 0 Å². The van der Waals surface area contributed by atoms with E-state index < -0.39 is 0 Å². The van der Waals surface area contributed by atoms with E-state index in [4.69, 9.17) is 4.74 Å². The van der Waals surface area contributed by atoms with Crippen molar-refractivity contribution in [2.75, 3.05) is 61.5 Å². The molecule has 0 aliphatic carbocycles. The fourth-order valence-corrected chi connectivity index (χ4v) is 5.32. The molecule has 38 heavy (non-hydrogen) atoms. The standard InChI is InChI=1S/C31H36N4O3/c1-23-10-12-24(13-11-23)30(36)32-25-14-15-27(26(22-25)31(37)35-16-6-3-7-17-35)33-18-20-34(21-19-33)28-8-4-5-9-29(28)38-2/h4-5,8-15,22H,3,6-7,16-21H2,1-2H3,(H,32,36). The number of piperazine rings is 1. The fraction of sp³-hybridized carbons (Fsp3) is 0.355. The van der Waals surface area contributed by atoms with Crippen molar-refractivity contribution in [2.45, 2.75) is 26.2 Å². The molecule has 5 rings (SSSR count). The molecule has 2 aliphatic rings. The molecule has 0 spiro atoms. The maximum absolute atomic E-state index is 13.7. The number of nitrogens with one attached hydrogen (secondary N) is 1. The summed E-state index contributed by atoms with van der Waals surface area (Å²) in [5.41, 5.74) is 5.00. The zero-order valence-corrected chi connectivity index (χ0v) is 22.3. The van der Waals surface area contributed by atoms with Crippen LogP contribution in [0.25, 0.3) is 0 Å². The van der Waals surface area contributed by atoms with Crippen LogP contribution in [0.4, 0.5) is 17.1 Å². The first-order valence-electron chi connectivity index (χ1n) is 13.5. The Morgan fingerprint density at radius 3 is 2.11 bits per heavy atom. The van der Waals surface area contributed by atoms with Crippen LogP contribution in [-0.4, -0.2) is 63.1 Å². The number of piperidine rings is 1. The van der Waals surface area contributed by atoms with Crippen LogP contribution in [0.3, 0.4) is 0 Å². The first-order valence-corrected chi connectivity index (χ1v) is 13.5. The van der Waals surface area contributed by atoms with Gasteiger partial charge in [-0.25, -0.2) is 0 Å². The van der Waals surface area contributed by atoms with E-state index in [1.165, 1.54) is 0 Å². The molecule has 0 atom stereocenters. The minimum absolute atomic E-state index is 0.0401. The van der Waals surface area contributed by atoms with Gasteiger partial charge in [0.25, 0.3) is 11.8 Å². The normalized spacial score (nSPS) is 15.8. The molecule has 3 aromatic carbocycles. The quantitative estimate of drug-likeness (QED) is 0.491. The molecule has 2 fully saturated rings. The number of hydrogen-bond acceptors (Lipinski definition) is 5. The molecule has 3 aromatic rings. The maximum Gasteiger partial charge on any atom is 0.256 e. The second-order valence-electron chi connectivity index (χ2n) is 10.1. The molecule has 2 heterocycles. The van der Waals surface area contributed by atoms with Crippen molar-refractivity contribution in [2.24, 2.45) is 0 Å². The van der Waals surface area contributed by atoms with Crippen LogP contribution in [0.5, 0.6) is 5.75 Å². The second-order valence-corrected chi connectivity index (χ2v) is 10.1. The third-order valence-electron chi connectivity index (χ3n) is 7.49. The highest BCUT2D eigenvalue weighted by atomic mass is 16.5. The lowest BCUT2D eigenvalue weighted by Crippen LogP contribution is -2.47. The Balaban J connectivity index is 1.38. The summed E-state index contributed by atoms with van der Waals surface area (Å²) >= 11 is 0. The van der Waals surface area contributed by atoms with Gasteiger partial charge in [0.05, 0.1) is 18.4 Å². The molecule has 0 aromatic heterocycles. The van der Waals surface area contributed by atoms with E-state index in [0.29, 0.717) is 16.8 Å².